The van der Waals surface area contributed by atoms with Crippen molar-refractivity contribution in [2.45, 2.75) is 10.9 Å². The molecule has 1 aromatic heterocycles. The number of hydrogen-bond donors (Lipinski definition) is 0. The molecule has 22 heavy (non-hydrogen) atoms. The monoisotopic (exact) mass is 321 g/mol. The molecule has 0 radical (unpaired) electrons. The molecule has 1 aromatic carbocycles. The molecular formula is C15H16FN3O2S. The van der Waals surface area contributed by atoms with Gasteiger partial charge < -0.3 is 4.90 Å². The van der Waals surface area contributed by atoms with Gasteiger partial charge in [-0.3, -0.25) is 0 Å². The molecule has 0 bridgehead atoms. The summed E-state index contributed by atoms with van der Waals surface area (Å²) in [6.07, 6.45) is 1.70. The van der Waals surface area contributed by atoms with Crippen LogP contribution in [-0.4, -0.2) is 43.9 Å². The number of aromatic nitrogens is 1. The summed E-state index contributed by atoms with van der Waals surface area (Å²) in [5, 5.41) is 0. The van der Waals surface area contributed by atoms with Gasteiger partial charge in [-0.05, 0) is 24.3 Å². The highest BCUT2D eigenvalue weighted by Gasteiger charge is 2.37. The lowest BCUT2D eigenvalue weighted by molar-refractivity contribution is 0.308. The average Bonchev–Trinajstić information content (AvgIpc) is 2.47. The Labute approximate surface area is 129 Å². The molecule has 0 aliphatic carbocycles. The average molecular weight is 321 g/mol. The number of likely N-dealkylation sites (N-methyl/N-ethyl adjacent to an activating group) is 1. The summed E-state index contributed by atoms with van der Waals surface area (Å²) in [7, 11) is -2.34. The molecule has 0 saturated carbocycles. The van der Waals surface area contributed by atoms with Gasteiger partial charge in [0.25, 0.3) is 0 Å². The van der Waals surface area contributed by atoms with E-state index in [0.717, 1.165) is 11.9 Å². The van der Waals surface area contributed by atoms with Crippen LogP contribution >= 0.6 is 0 Å². The van der Waals surface area contributed by atoms with E-state index in [1.165, 1.54) is 29.6 Å². The highest BCUT2D eigenvalue weighted by atomic mass is 32.2. The van der Waals surface area contributed by atoms with Gasteiger partial charge in [-0.25, -0.2) is 17.8 Å². The Morgan fingerprint density at radius 3 is 2.50 bits per heavy atom. The lowest BCUT2D eigenvalue weighted by atomic mass is 10.1. The number of benzene rings is 1. The second kappa shape index (κ2) is 5.66. The van der Waals surface area contributed by atoms with Crippen LogP contribution in [0.15, 0.2) is 53.6 Å². The highest BCUT2D eigenvalue weighted by Crippen LogP contribution is 2.26. The van der Waals surface area contributed by atoms with Gasteiger partial charge >= 0.3 is 0 Å². The lowest BCUT2D eigenvalue weighted by Gasteiger charge is -2.43. The Morgan fingerprint density at radius 2 is 1.86 bits per heavy atom. The summed E-state index contributed by atoms with van der Waals surface area (Å²) >= 11 is 0. The first-order chi connectivity index (χ1) is 10.5. The van der Waals surface area contributed by atoms with Crippen molar-refractivity contribution in [3.63, 3.8) is 0 Å². The van der Waals surface area contributed by atoms with Crippen LogP contribution in [0.4, 0.5) is 10.2 Å². The van der Waals surface area contributed by atoms with Crippen LogP contribution in [-0.2, 0) is 10.0 Å². The van der Waals surface area contributed by atoms with Crippen molar-refractivity contribution in [2.24, 2.45) is 0 Å². The lowest BCUT2D eigenvalue weighted by Crippen LogP contribution is -2.60. The van der Waals surface area contributed by atoms with Crippen LogP contribution < -0.4 is 4.90 Å². The Morgan fingerprint density at radius 1 is 1.18 bits per heavy atom. The highest BCUT2D eigenvalue weighted by molar-refractivity contribution is 7.89. The van der Waals surface area contributed by atoms with Crippen LogP contribution in [0.5, 0.6) is 0 Å². The summed E-state index contributed by atoms with van der Waals surface area (Å²) in [5.41, 5.74) is 0. The van der Waals surface area contributed by atoms with Gasteiger partial charge in [0.15, 0.2) is 0 Å². The summed E-state index contributed by atoms with van der Waals surface area (Å²) in [6, 6.07) is 10.8. The molecule has 0 atom stereocenters. The third-order valence-corrected chi connectivity index (χ3v) is 5.79. The molecule has 2 heterocycles. The van der Waals surface area contributed by atoms with Gasteiger partial charge in [0.2, 0.25) is 10.0 Å². The van der Waals surface area contributed by atoms with Crippen LogP contribution in [0.2, 0.25) is 0 Å². The Hall–Kier alpha value is -1.99. The van der Waals surface area contributed by atoms with Gasteiger partial charge in [0.05, 0.1) is 6.04 Å². The molecule has 5 nitrogen and oxygen atoms in total. The molecule has 1 fully saturated rings. The zero-order valence-electron chi connectivity index (χ0n) is 12.1. The van der Waals surface area contributed by atoms with Crippen LogP contribution in [0.1, 0.15) is 0 Å². The molecule has 1 saturated heterocycles. The smallest absolute Gasteiger partial charge is 0.246 e. The Bertz CT molecular complexity index is 761. The molecule has 0 spiro atoms. The fourth-order valence-electron chi connectivity index (χ4n) is 2.42. The first-order valence-corrected chi connectivity index (χ1v) is 8.32. The van der Waals surface area contributed by atoms with E-state index in [1.807, 2.05) is 23.1 Å². The van der Waals surface area contributed by atoms with Gasteiger partial charge in [0.1, 0.15) is 16.5 Å². The van der Waals surface area contributed by atoms with Crippen LogP contribution in [0.3, 0.4) is 0 Å². The van der Waals surface area contributed by atoms with Gasteiger partial charge in [-0.1, -0.05) is 18.2 Å². The molecule has 1 aliphatic rings. The van der Waals surface area contributed by atoms with Crippen molar-refractivity contribution >= 4 is 15.8 Å². The topological polar surface area (TPSA) is 53.5 Å². The Balaban J connectivity index is 1.73. The van der Waals surface area contributed by atoms with Crippen LogP contribution in [0.25, 0.3) is 0 Å². The number of sulfonamides is 1. The van der Waals surface area contributed by atoms with Crippen molar-refractivity contribution in [3.8, 4) is 0 Å². The van der Waals surface area contributed by atoms with Crippen molar-refractivity contribution in [2.75, 3.05) is 25.0 Å². The number of nitrogens with zero attached hydrogens (tertiary/aromatic N) is 3. The molecule has 2 aromatic rings. The van der Waals surface area contributed by atoms with E-state index in [0.29, 0.717) is 13.1 Å². The fourth-order valence-corrected chi connectivity index (χ4v) is 3.82. The number of hydrogen-bond acceptors (Lipinski definition) is 4. The van der Waals surface area contributed by atoms with E-state index in [9.17, 15) is 12.8 Å². The number of anilines is 1. The number of rotatable bonds is 4. The first kappa shape index (κ1) is 14.9. The first-order valence-electron chi connectivity index (χ1n) is 6.88. The minimum absolute atomic E-state index is 0.188. The van der Waals surface area contributed by atoms with Crippen LogP contribution in [0, 0.1) is 5.82 Å². The molecule has 0 amide bonds. The largest absolute Gasteiger partial charge is 0.353 e. The molecule has 116 valence electrons. The summed E-state index contributed by atoms with van der Waals surface area (Å²) in [5.74, 6) is 0.0886. The zero-order valence-corrected chi connectivity index (χ0v) is 12.9. The second-order valence-electron chi connectivity index (χ2n) is 5.20. The van der Waals surface area contributed by atoms with E-state index in [4.69, 9.17) is 0 Å². The number of pyridine rings is 1. The molecule has 1 aliphatic heterocycles. The second-order valence-corrected chi connectivity index (χ2v) is 7.16. The molecule has 0 unspecified atom stereocenters. The molecule has 0 N–H and O–H groups in total. The van der Waals surface area contributed by atoms with E-state index in [-0.39, 0.29) is 10.9 Å². The normalized spacial score (nSPS) is 15.9. The SMILES string of the molecule is CN(C1CN(c2ccccn2)C1)S(=O)(=O)c1ccccc1F. The van der Waals surface area contributed by atoms with E-state index >= 15 is 0 Å². The predicted molar refractivity (Wildman–Crippen MR) is 81.6 cm³/mol. The maximum Gasteiger partial charge on any atom is 0.246 e. The molecular weight excluding hydrogens is 305 g/mol. The maximum atomic E-state index is 13.7. The van der Waals surface area contributed by atoms with Gasteiger partial charge in [-0.2, -0.15) is 4.31 Å². The van der Waals surface area contributed by atoms with Crippen molar-refractivity contribution < 1.29 is 12.8 Å². The van der Waals surface area contributed by atoms with E-state index in [2.05, 4.69) is 4.98 Å². The van der Waals surface area contributed by atoms with Crippen molar-refractivity contribution in [1.29, 1.82) is 0 Å². The van der Waals surface area contributed by atoms with Gasteiger partial charge in [0, 0.05) is 26.3 Å². The van der Waals surface area contributed by atoms with Crippen molar-refractivity contribution in [3.05, 3.63) is 54.5 Å². The zero-order chi connectivity index (χ0) is 15.7. The standard InChI is InChI=1S/C15H16FN3O2S/c1-18(22(20,21)14-7-3-2-6-13(14)16)12-10-19(11-12)15-8-4-5-9-17-15/h2-9,12H,10-11H2,1H3. The third kappa shape index (κ3) is 2.57. The van der Waals surface area contributed by atoms with E-state index < -0.39 is 15.8 Å². The quantitative estimate of drug-likeness (QED) is 0.860. The summed E-state index contributed by atoms with van der Waals surface area (Å²) < 4.78 is 40.0. The number of halogens is 1. The Kier molecular flexibility index (Phi) is 3.84. The summed E-state index contributed by atoms with van der Waals surface area (Å²) in [6.45, 7) is 1.09. The molecule has 3 rings (SSSR count). The fraction of sp³-hybridized carbons (Fsp3) is 0.267. The summed E-state index contributed by atoms with van der Waals surface area (Å²) in [4.78, 5) is 5.93. The minimum atomic E-state index is -3.82. The minimum Gasteiger partial charge on any atom is -0.353 e. The predicted octanol–water partition coefficient (Wildman–Crippen LogP) is 1.73. The van der Waals surface area contributed by atoms with Gasteiger partial charge in [-0.15, -0.1) is 0 Å². The van der Waals surface area contributed by atoms with E-state index in [1.54, 1.807) is 6.20 Å². The van der Waals surface area contributed by atoms with Crippen molar-refractivity contribution in [1.82, 2.24) is 9.29 Å². The molecule has 7 heteroatoms. The third-order valence-electron chi connectivity index (χ3n) is 3.84. The maximum absolute atomic E-state index is 13.7.